The van der Waals surface area contributed by atoms with Crippen molar-refractivity contribution in [2.75, 3.05) is 6.54 Å². The van der Waals surface area contributed by atoms with Crippen LogP contribution in [0.5, 0.6) is 0 Å². The van der Waals surface area contributed by atoms with Gasteiger partial charge in [-0.1, -0.05) is 35.3 Å². The quantitative estimate of drug-likeness (QED) is 0.770. The second kappa shape index (κ2) is 7.07. The lowest BCUT2D eigenvalue weighted by atomic mass is 10.1. The van der Waals surface area contributed by atoms with Crippen LogP contribution in [0.25, 0.3) is 0 Å². The molecule has 6 heteroatoms. The second-order valence-electron chi connectivity index (χ2n) is 4.67. The summed E-state index contributed by atoms with van der Waals surface area (Å²) in [5, 5.41) is 0.788. The monoisotopic (exact) mass is 343 g/mol. The van der Waals surface area contributed by atoms with E-state index in [9.17, 15) is 13.6 Å². The molecule has 22 heavy (non-hydrogen) atoms. The van der Waals surface area contributed by atoms with Crippen molar-refractivity contribution in [1.82, 2.24) is 4.90 Å². The Labute approximate surface area is 137 Å². The molecule has 2 aromatic carbocycles. The summed E-state index contributed by atoms with van der Waals surface area (Å²) < 4.78 is 27.0. The van der Waals surface area contributed by atoms with Crippen LogP contribution in [0.15, 0.2) is 36.4 Å². The fourth-order valence-electron chi connectivity index (χ4n) is 2.02. The normalized spacial score (nSPS) is 10.6. The van der Waals surface area contributed by atoms with Gasteiger partial charge in [-0.15, -0.1) is 0 Å². The molecule has 2 aromatic rings. The lowest BCUT2D eigenvalue weighted by Gasteiger charge is -2.21. The van der Waals surface area contributed by atoms with E-state index in [0.29, 0.717) is 16.6 Å². The van der Waals surface area contributed by atoms with E-state index in [1.807, 2.05) is 0 Å². The van der Waals surface area contributed by atoms with Gasteiger partial charge in [0.05, 0.1) is 15.6 Å². The van der Waals surface area contributed by atoms with Gasteiger partial charge in [-0.2, -0.15) is 0 Å². The van der Waals surface area contributed by atoms with Gasteiger partial charge in [-0.3, -0.25) is 4.79 Å². The predicted octanol–water partition coefficient (Wildman–Crippen LogP) is 4.93. The molecular weight excluding hydrogens is 331 g/mol. The highest BCUT2D eigenvalue weighted by molar-refractivity contribution is 6.42. The third-order valence-electron chi connectivity index (χ3n) is 3.21. The summed E-state index contributed by atoms with van der Waals surface area (Å²) in [5.74, 6) is -2.76. The Balaban J connectivity index is 2.25. The molecule has 0 fully saturated rings. The van der Waals surface area contributed by atoms with Crippen LogP contribution in [-0.4, -0.2) is 17.4 Å². The molecule has 2 rings (SSSR count). The average Bonchev–Trinajstić information content (AvgIpc) is 2.50. The zero-order chi connectivity index (χ0) is 16.3. The van der Waals surface area contributed by atoms with Crippen LogP contribution in [0.3, 0.4) is 0 Å². The van der Waals surface area contributed by atoms with E-state index in [1.165, 1.54) is 17.0 Å². The molecule has 0 unspecified atom stereocenters. The lowest BCUT2D eigenvalue weighted by Crippen LogP contribution is -2.31. The van der Waals surface area contributed by atoms with Crippen molar-refractivity contribution in [1.29, 1.82) is 0 Å². The fourth-order valence-corrected chi connectivity index (χ4v) is 2.35. The first-order valence-electron chi connectivity index (χ1n) is 6.61. The van der Waals surface area contributed by atoms with Crippen LogP contribution in [0.2, 0.25) is 10.0 Å². The average molecular weight is 344 g/mol. The smallest absolute Gasteiger partial charge is 0.257 e. The minimum absolute atomic E-state index is 0.224. The van der Waals surface area contributed by atoms with Crippen LogP contribution in [0.1, 0.15) is 22.8 Å². The first kappa shape index (κ1) is 16.7. The van der Waals surface area contributed by atoms with E-state index in [4.69, 9.17) is 23.2 Å². The summed E-state index contributed by atoms with van der Waals surface area (Å²) in [6, 6.07) is 8.53. The Bertz CT molecular complexity index is 707. The van der Waals surface area contributed by atoms with Gasteiger partial charge in [0.25, 0.3) is 5.91 Å². The zero-order valence-corrected chi connectivity index (χ0v) is 13.3. The van der Waals surface area contributed by atoms with E-state index in [0.717, 1.165) is 11.6 Å². The van der Waals surface area contributed by atoms with Crippen molar-refractivity contribution in [2.45, 2.75) is 13.5 Å². The summed E-state index contributed by atoms with van der Waals surface area (Å²) in [7, 11) is 0. The fraction of sp³-hybridized carbons (Fsp3) is 0.188. The maximum absolute atomic E-state index is 13.7. The van der Waals surface area contributed by atoms with Crippen LogP contribution < -0.4 is 0 Å². The highest BCUT2D eigenvalue weighted by Crippen LogP contribution is 2.24. The molecular formula is C16H13Cl2F2NO. The molecule has 0 aromatic heterocycles. The number of hydrogen-bond donors (Lipinski definition) is 0. The molecule has 0 atom stereocenters. The molecule has 0 aliphatic heterocycles. The molecule has 0 aliphatic carbocycles. The maximum atomic E-state index is 13.7. The number of nitrogens with zero attached hydrogens (tertiary/aromatic N) is 1. The molecule has 0 radical (unpaired) electrons. The lowest BCUT2D eigenvalue weighted by molar-refractivity contribution is 0.0746. The minimum atomic E-state index is -1.14. The van der Waals surface area contributed by atoms with E-state index in [2.05, 4.69) is 0 Å². The first-order valence-corrected chi connectivity index (χ1v) is 7.36. The summed E-state index contributed by atoms with van der Waals surface area (Å²) in [4.78, 5) is 13.8. The number of rotatable bonds is 4. The topological polar surface area (TPSA) is 20.3 Å². The molecule has 2 nitrogen and oxygen atoms in total. The Morgan fingerprint density at radius 1 is 1.14 bits per heavy atom. The Hall–Kier alpha value is -1.65. The third kappa shape index (κ3) is 3.57. The van der Waals surface area contributed by atoms with Crippen LogP contribution in [0, 0.1) is 11.6 Å². The summed E-state index contributed by atoms with van der Waals surface area (Å²) in [5.41, 5.74) is 0.461. The van der Waals surface area contributed by atoms with Crippen molar-refractivity contribution < 1.29 is 13.6 Å². The Morgan fingerprint density at radius 3 is 2.50 bits per heavy atom. The van der Waals surface area contributed by atoms with Gasteiger partial charge in [0.2, 0.25) is 0 Å². The molecule has 0 saturated carbocycles. The number of benzene rings is 2. The van der Waals surface area contributed by atoms with Gasteiger partial charge in [-0.25, -0.2) is 8.78 Å². The second-order valence-corrected chi connectivity index (χ2v) is 5.48. The van der Waals surface area contributed by atoms with Crippen molar-refractivity contribution in [3.63, 3.8) is 0 Å². The molecule has 0 saturated heterocycles. The highest BCUT2D eigenvalue weighted by atomic mass is 35.5. The Kier molecular flexibility index (Phi) is 5.37. The van der Waals surface area contributed by atoms with Gasteiger partial charge in [0, 0.05) is 13.1 Å². The van der Waals surface area contributed by atoms with Gasteiger partial charge in [0.15, 0.2) is 11.6 Å². The summed E-state index contributed by atoms with van der Waals surface area (Å²) >= 11 is 11.8. The SMILES string of the molecule is CCN(Cc1ccc(Cl)c(Cl)c1)C(=O)c1cccc(F)c1F. The number of hydrogen-bond acceptors (Lipinski definition) is 1. The predicted molar refractivity (Wildman–Crippen MR) is 83.2 cm³/mol. The largest absolute Gasteiger partial charge is 0.335 e. The van der Waals surface area contributed by atoms with Gasteiger partial charge < -0.3 is 4.90 Å². The first-order chi connectivity index (χ1) is 10.4. The van der Waals surface area contributed by atoms with Gasteiger partial charge >= 0.3 is 0 Å². The minimum Gasteiger partial charge on any atom is -0.335 e. The molecule has 0 N–H and O–H groups in total. The molecule has 0 aliphatic rings. The van der Waals surface area contributed by atoms with E-state index in [1.54, 1.807) is 25.1 Å². The molecule has 1 amide bonds. The molecule has 0 spiro atoms. The van der Waals surface area contributed by atoms with Crippen LogP contribution >= 0.6 is 23.2 Å². The van der Waals surface area contributed by atoms with Crippen molar-refractivity contribution >= 4 is 29.1 Å². The van der Waals surface area contributed by atoms with Crippen molar-refractivity contribution in [3.05, 3.63) is 69.2 Å². The van der Waals surface area contributed by atoms with Gasteiger partial charge in [0.1, 0.15) is 0 Å². The molecule has 0 bridgehead atoms. The number of carbonyl (C=O) groups is 1. The van der Waals surface area contributed by atoms with E-state index < -0.39 is 17.5 Å². The highest BCUT2D eigenvalue weighted by Gasteiger charge is 2.20. The summed E-state index contributed by atoms with van der Waals surface area (Å²) in [6.07, 6.45) is 0. The summed E-state index contributed by atoms with van der Waals surface area (Å²) in [6.45, 7) is 2.32. The molecule has 116 valence electrons. The molecule has 0 heterocycles. The van der Waals surface area contributed by atoms with Crippen molar-refractivity contribution in [3.8, 4) is 0 Å². The van der Waals surface area contributed by atoms with Crippen LogP contribution in [-0.2, 0) is 6.54 Å². The number of carbonyl (C=O) groups excluding carboxylic acids is 1. The maximum Gasteiger partial charge on any atom is 0.257 e. The Morgan fingerprint density at radius 2 is 1.86 bits per heavy atom. The van der Waals surface area contributed by atoms with E-state index >= 15 is 0 Å². The third-order valence-corrected chi connectivity index (χ3v) is 3.95. The van der Waals surface area contributed by atoms with Crippen LogP contribution in [0.4, 0.5) is 8.78 Å². The standard InChI is InChI=1S/C16H13Cl2F2NO/c1-2-21(9-10-6-7-12(17)13(18)8-10)16(22)11-4-3-5-14(19)15(11)20/h3-8H,2,9H2,1H3. The van der Waals surface area contributed by atoms with E-state index in [-0.39, 0.29) is 12.1 Å². The number of halogens is 4. The van der Waals surface area contributed by atoms with Gasteiger partial charge in [-0.05, 0) is 36.8 Å². The van der Waals surface area contributed by atoms with Crippen molar-refractivity contribution in [2.24, 2.45) is 0 Å². The zero-order valence-electron chi connectivity index (χ0n) is 11.7. The number of amides is 1.